The number of aromatic hydroxyl groups is 1. The number of nitrogens with zero attached hydrogens (tertiary/aromatic N) is 1. The molecular formula is C35H32F5N3O4. The summed E-state index contributed by atoms with van der Waals surface area (Å²) in [6.45, 7) is 5.50. The second kappa shape index (κ2) is 14.0. The number of aryl methyl sites for hydroxylation is 1. The second-order valence-electron chi connectivity index (χ2n) is 11.6. The van der Waals surface area contributed by atoms with Gasteiger partial charge in [-0.3, -0.25) is 9.59 Å². The van der Waals surface area contributed by atoms with E-state index < -0.39 is 42.1 Å². The number of nitrogens with one attached hydrogen (secondary N) is 2. The topological polar surface area (TPSA) is 104 Å². The number of carbonyl (C=O) groups excluding carboxylic acids is 2. The number of furan rings is 1. The smallest absolute Gasteiger partial charge is 0.389 e. The number of pyridine rings is 1. The molecule has 0 aliphatic carbocycles. The molecule has 3 N–H and O–H groups in total. The molecule has 5 aromatic rings. The van der Waals surface area contributed by atoms with Crippen LogP contribution < -0.4 is 10.6 Å². The molecule has 0 spiro atoms. The van der Waals surface area contributed by atoms with Gasteiger partial charge in [0.25, 0.3) is 11.8 Å². The molecule has 5 rings (SSSR count). The maximum absolute atomic E-state index is 13.5. The summed E-state index contributed by atoms with van der Waals surface area (Å²) in [6, 6.07) is 18.9. The van der Waals surface area contributed by atoms with Crippen LogP contribution in [0.5, 0.6) is 5.75 Å². The minimum absolute atomic E-state index is 0.0320. The average Bonchev–Trinajstić information content (AvgIpc) is 3.38. The molecule has 0 radical (unpaired) electrons. The average molecular weight is 654 g/mol. The van der Waals surface area contributed by atoms with Gasteiger partial charge in [0.15, 0.2) is 11.6 Å². The van der Waals surface area contributed by atoms with Gasteiger partial charge < -0.3 is 20.2 Å². The maximum Gasteiger partial charge on any atom is 0.389 e. The Morgan fingerprint density at radius 1 is 0.872 bits per heavy atom. The second-order valence-corrected chi connectivity index (χ2v) is 11.6. The lowest BCUT2D eigenvalue weighted by atomic mass is 9.96. The first-order valence-electron chi connectivity index (χ1n) is 14.4. The lowest BCUT2D eigenvalue weighted by Gasteiger charge is -2.20. The van der Waals surface area contributed by atoms with E-state index in [1.807, 2.05) is 20.8 Å². The highest BCUT2D eigenvalue weighted by Crippen LogP contribution is 2.37. The number of carbonyl (C=O) groups is 2. The van der Waals surface area contributed by atoms with Crippen molar-refractivity contribution in [3.05, 3.63) is 107 Å². The van der Waals surface area contributed by atoms with Gasteiger partial charge in [0.1, 0.15) is 11.6 Å². The Labute approximate surface area is 267 Å². The van der Waals surface area contributed by atoms with Gasteiger partial charge >= 0.3 is 6.18 Å². The van der Waals surface area contributed by atoms with Crippen LogP contribution in [-0.2, 0) is 6.42 Å². The summed E-state index contributed by atoms with van der Waals surface area (Å²) in [7, 11) is 1.43. The molecule has 246 valence electrons. The Kier molecular flexibility index (Phi) is 10.3. The fraction of sp³-hybridized carbons (Fsp3) is 0.229. The van der Waals surface area contributed by atoms with Crippen LogP contribution in [0.25, 0.3) is 33.6 Å². The third-order valence-electron chi connectivity index (χ3n) is 6.74. The number of benzene rings is 3. The summed E-state index contributed by atoms with van der Waals surface area (Å²) in [5.41, 5.74) is 1.16. The monoisotopic (exact) mass is 653 g/mol. The molecule has 0 aliphatic rings. The van der Waals surface area contributed by atoms with Crippen LogP contribution in [0, 0.1) is 11.6 Å². The van der Waals surface area contributed by atoms with E-state index in [0.29, 0.717) is 22.3 Å². The third kappa shape index (κ3) is 8.93. The van der Waals surface area contributed by atoms with Crippen LogP contribution in [0.2, 0.25) is 0 Å². The highest BCUT2D eigenvalue weighted by molar-refractivity contribution is 6.11. The first-order valence-corrected chi connectivity index (χ1v) is 14.4. The molecule has 0 atom stereocenters. The molecule has 0 aliphatic heterocycles. The predicted molar refractivity (Wildman–Crippen MR) is 168 cm³/mol. The Bertz CT molecular complexity index is 1870. The fourth-order valence-electron chi connectivity index (χ4n) is 4.61. The Balaban J connectivity index is 0.000000546. The van der Waals surface area contributed by atoms with Gasteiger partial charge in [-0.1, -0.05) is 24.3 Å². The SMILES string of the molecule is CNC(=O)c1c(-c2ccc(F)cc2)oc2nc(CCC(F)(F)F)c(-c3cccc(C(=O)NC(C)(C)C)c3)cc12.Oc1ccccc1F. The molecular weight excluding hydrogens is 621 g/mol. The number of hydrogen-bond donors (Lipinski definition) is 3. The Hall–Kier alpha value is -5.26. The van der Waals surface area contributed by atoms with Crippen molar-refractivity contribution in [3.8, 4) is 28.2 Å². The summed E-state index contributed by atoms with van der Waals surface area (Å²) in [4.78, 5) is 30.1. The predicted octanol–water partition coefficient (Wildman–Crippen LogP) is 8.22. The normalized spacial score (nSPS) is 11.5. The van der Waals surface area contributed by atoms with Crippen LogP contribution in [0.4, 0.5) is 22.0 Å². The fourth-order valence-corrected chi connectivity index (χ4v) is 4.61. The van der Waals surface area contributed by atoms with Crippen molar-refractivity contribution in [2.75, 3.05) is 7.05 Å². The van der Waals surface area contributed by atoms with Crippen molar-refractivity contribution in [3.63, 3.8) is 0 Å². The minimum atomic E-state index is -4.43. The summed E-state index contributed by atoms with van der Waals surface area (Å²) >= 11 is 0. The van der Waals surface area contributed by atoms with Crippen molar-refractivity contribution < 1.29 is 41.1 Å². The first-order chi connectivity index (χ1) is 22.1. The van der Waals surface area contributed by atoms with Gasteiger partial charge in [0.05, 0.1) is 16.6 Å². The van der Waals surface area contributed by atoms with Gasteiger partial charge in [-0.2, -0.15) is 13.2 Å². The molecule has 0 saturated carbocycles. The molecule has 12 heteroatoms. The number of halogens is 5. The molecule has 0 fully saturated rings. The van der Waals surface area contributed by atoms with E-state index in [2.05, 4.69) is 15.6 Å². The van der Waals surface area contributed by atoms with Crippen LogP contribution in [-0.4, -0.2) is 40.7 Å². The van der Waals surface area contributed by atoms with Gasteiger partial charge in [-0.15, -0.1) is 0 Å². The molecule has 0 bridgehead atoms. The van der Waals surface area contributed by atoms with E-state index in [4.69, 9.17) is 9.52 Å². The molecule has 0 saturated heterocycles. The van der Waals surface area contributed by atoms with Gasteiger partial charge in [-0.25, -0.2) is 13.8 Å². The summed E-state index contributed by atoms with van der Waals surface area (Å²) in [5.74, 6) is -2.11. The largest absolute Gasteiger partial charge is 0.505 e. The zero-order chi connectivity index (χ0) is 34.5. The number of rotatable bonds is 6. The third-order valence-corrected chi connectivity index (χ3v) is 6.74. The standard InChI is InChI=1S/C29H27F4N3O3.C6H5FO/c1-28(2,3)36-25(37)18-7-5-6-17(14-18)20-15-21-23(26(38)34-4)24(16-8-10-19(30)11-9-16)39-27(21)35-22(20)12-13-29(31,32)33;7-5-3-1-2-4-6(5)8/h5-11,14-15H,12-13H2,1-4H3,(H,34,38)(H,36,37);1-4,8H. The van der Waals surface area contributed by atoms with Crippen LogP contribution in [0.1, 0.15) is 53.6 Å². The van der Waals surface area contributed by atoms with E-state index in [1.165, 1.54) is 49.5 Å². The van der Waals surface area contributed by atoms with Crippen molar-refractivity contribution >= 4 is 22.9 Å². The quantitative estimate of drug-likeness (QED) is 0.160. The van der Waals surface area contributed by atoms with Crippen molar-refractivity contribution in [2.45, 2.75) is 45.3 Å². The molecule has 2 aromatic heterocycles. The zero-order valence-corrected chi connectivity index (χ0v) is 25.9. The highest BCUT2D eigenvalue weighted by Gasteiger charge is 2.29. The van der Waals surface area contributed by atoms with Crippen LogP contribution in [0.3, 0.4) is 0 Å². The molecule has 2 heterocycles. The number of hydrogen-bond acceptors (Lipinski definition) is 5. The number of amides is 2. The van der Waals surface area contributed by atoms with Gasteiger partial charge in [0, 0.05) is 35.7 Å². The summed E-state index contributed by atoms with van der Waals surface area (Å²) in [5, 5.41) is 14.2. The van der Waals surface area contributed by atoms with Crippen LogP contribution in [0.15, 0.2) is 83.3 Å². The van der Waals surface area contributed by atoms with E-state index in [9.17, 15) is 31.5 Å². The van der Waals surface area contributed by atoms with Gasteiger partial charge in [-0.05, 0) is 87.4 Å². The lowest BCUT2D eigenvalue weighted by molar-refractivity contribution is -0.134. The number of para-hydroxylation sites is 1. The van der Waals surface area contributed by atoms with Crippen molar-refractivity contribution in [2.24, 2.45) is 0 Å². The number of alkyl halides is 3. The summed E-state index contributed by atoms with van der Waals surface area (Å²) < 4.78 is 71.1. The van der Waals surface area contributed by atoms with Gasteiger partial charge in [0.2, 0.25) is 5.71 Å². The first kappa shape index (κ1) is 34.6. The van der Waals surface area contributed by atoms with E-state index in [-0.39, 0.29) is 39.8 Å². The molecule has 2 amide bonds. The van der Waals surface area contributed by atoms with Crippen molar-refractivity contribution in [1.29, 1.82) is 0 Å². The maximum atomic E-state index is 13.5. The van der Waals surface area contributed by atoms with E-state index in [1.54, 1.807) is 36.4 Å². The molecule has 0 unspecified atom stereocenters. The minimum Gasteiger partial charge on any atom is -0.505 e. The zero-order valence-electron chi connectivity index (χ0n) is 25.9. The van der Waals surface area contributed by atoms with Crippen molar-refractivity contribution in [1.82, 2.24) is 15.6 Å². The Morgan fingerprint density at radius 3 is 2.13 bits per heavy atom. The summed E-state index contributed by atoms with van der Waals surface area (Å²) in [6.07, 6.45) is -6.01. The van der Waals surface area contributed by atoms with E-state index >= 15 is 0 Å². The highest BCUT2D eigenvalue weighted by atomic mass is 19.4. The molecule has 3 aromatic carbocycles. The van der Waals surface area contributed by atoms with Crippen LogP contribution >= 0.6 is 0 Å². The van der Waals surface area contributed by atoms with E-state index in [0.717, 1.165) is 0 Å². The number of aromatic nitrogens is 1. The Morgan fingerprint density at radius 2 is 1.55 bits per heavy atom. The lowest BCUT2D eigenvalue weighted by Crippen LogP contribution is -2.40. The number of phenols is 1. The number of fused-ring (bicyclic) bond motifs is 1. The number of phenolic OH excluding ortho intramolecular Hbond substituents is 1. The molecule has 7 nitrogen and oxygen atoms in total. The molecule has 47 heavy (non-hydrogen) atoms.